The van der Waals surface area contributed by atoms with Gasteiger partial charge in [-0.1, -0.05) is 269 Å². The zero-order valence-electron chi connectivity index (χ0n) is 45.6. The van der Waals surface area contributed by atoms with E-state index < -0.39 is 6.10 Å². The molecule has 6 nitrogen and oxygen atoms in total. The van der Waals surface area contributed by atoms with Crippen LogP contribution in [0.2, 0.25) is 0 Å². The predicted octanol–water partition coefficient (Wildman–Crippen LogP) is 20.0. The van der Waals surface area contributed by atoms with Crippen LogP contribution in [0, 0.1) is 0 Å². The quantitative estimate of drug-likeness (QED) is 0.0262. The molecule has 0 aliphatic rings. The van der Waals surface area contributed by atoms with E-state index in [2.05, 4.69) is 57.2 Å². The monoisotopic (exact) mass is 955 g/mol. The Morgan fingerprint density at radius 1 is 0.294 bits per heavy atom. The van der Waals surface area contributed by atoms with Gasteiger partial charge in [0.25, 0.3) is 0 Å². The summed E-state index contributed by atoms with van der Waals surface area (Å²) in [6.07, 6.45) is 69.2. The van der Waals surface area contributed by atoms with Crippen LogP contribution in [-0.4, -0.2) is 37.2 Å². The van der Waals surface area contributed by atoms with Crippen molar-refractivity contribution < 1.29 is 28.6 Å². The summed E-state index contributed by atoms with van der Waals surface area (Å²) in [6.45, 7) is 6.54. The molecule has 1 atom stereocenters. The van der Waals surface area contributed by atoms with Crippen LogP contribution in [0.1, 0.15) is 323 Å². The first-order valence-electron chi connectivity index (χ1n) is 30.0. The van der Waals surface area contributed by atoms with Crippen LogP contribution in [0.15, 0.2) is 36.5 Å². The summed E-state index contributed by atoms with van der Waals surface area (Å²) < 4.78 is 16.7. The van der Waals surface area contributed by atoms with Crippen molar-refractivity contribution in [2.45, 2.75) is 329 Å². The molecule has 0 amide bonds. The topological polar surface area (TPSA) is 78.9 Å². The number of esters is 3. The third-order valence-corrected chi connectivity index (χ3v) is 13.3. The van der Waals surface area contributed by atoms with Crippen LogP contribution in [0.25, 0.3) is 0 Å². The average molecular weight is 956 g/mol. The van der Waals surface area contributed by atoms with Gasteiger partial charge in [0.05, 0.1) is 0 Å². The number of unbranched alkanes of at least 4 members (excludes halogenated alkanes) is 38. The molecule has 0 spiro atoms. The molecule has 6 heteroatoms. The summed E-state index contributed by atoms with van der Waals surface area (Å²) in [6, 6.07) is 0. The maximum absolute atomic E-state index is 12.7. The molecule has 0 aromatic heterocycles. The molecular weight excluding hydrogens is 841 g/mol. The Hall–Kier alpha value is -2.37. The van der Waals surface area contributed by atoms with Crippen molar-refractivity contribution in [1.29, 1.82) is 0 Å². The summed E-state index contributed by atoms with van der Waals surface area (Å²) in [5.41, 5.74) is 0. The third-order valence-electron chi connectivity index (χ3n) is 13.3. The van der Waals surface area contributed by atoms with Gasteiger partial charge in [0.1, 0.15) is 13.2 Å². The highest BCUT2D eigenvalue weighted by atomic mass is 16.6. The molecule has 0 aliphatic heterocycles. The van der Waals surface area contributed by atoms with E-state index >= 15 is 0 Å². The molecule has 0 rings (SSSR count). The smallest absolute Gasteiger partial charge is 0.306 e. The van der Waals surface area contributed by atoms with Crippen molar-refractivity contribution in [3.05, 3.63) is 36.5 Å². The number of hydrogen-bond donors (Lipinski definition) is 0. The van der Waals surface area contributed by atoms with E-state index in [1.807, 2.05) is 0 Å². The Balaban J connectivity index is 3.87. The van der Waals surface area contributed by atoms with E-state index in [-0.39, 0.29) is 31.1 Å². The summed E-state index contributed by atoms with van der Waals surface area (Å²) in [7, 11) is 0. The molecule has 0 fully saturated rings. The SMILES string of the molecule is CCC/C=C\CCCCCCCC(=O)OC(COC(=O)CCCCCCCCC)COC(=O)CCCCCCCCCCCCCCCCCCCCCCC/C=C\C/C=C\CCCCCCC. The van der Waals surface area contributed by atoms with Crippen molar-refractivity contribution in [3.63, 3.8) is 0 Å². The van der Waals surface area contributed by atoms with Gasteiger partial charge in [0.2, 0.25) is 0 Å². The second-order valence-electron chi connectivity index (χ2n) is 20.3. The van der Waals surface area contributed by atoms with Crippen LogP contribution in [0.5, 0.6) is 0 Å². The van der Waals surface area contributed by atoms with Crippen LogP contribution in [0.4, 0.5) is 0 Å². The summed E-state index contributed by atoms with van der Waals surface area (Å²) in [5.74, 6) is -0.876. The molecule has 0 saturated heterocycles. The summed E-state index contributed by atoms with van der Waals surface area (Å²) >= 11 is 0. The standard InChI is InChI=1S/C62H114O6/c1-4-7-10-13-16-18-20-21-22-23-24-25-26-27-28-29-30-31-32-33-34-35-36-37-38-39-40-41-42-44-46-49-52-55-61(64)67-58-59(57-66-60(63)54-51-48-45-15-12-9-6-3)68-62(65)56-53-50-47-43-19-17-14-11-8-5-2/h11,14,20-21,23-24,59H,4-10,12-13,15-19,22,25-58H2,1-3H3/b14-11-,21-20-,24-23-. The average Bonchev–Trinajstić information content (AvgIpc) is 3.34. The third kappa shape index (κ3) is 54.6. The molecule has 0 aromatic rings. The Kier molecular flexibility index (Phi) is 55.2. The number of rotatable bonds is 55. The van der Waals surface area contributed by atoms with Gasteiger partial charge in [0, 0.05) is 19.3 Å². The maximum Gasteiger partial charge on any atom is 0.306 e. The fraction of sp³-hybridized carbons (Fsp3) is 0.855. The van der Waals surface area contributed by atoms with Gasteiger partial charge in [-0.3, -0.25) is 14.4 Å². The Morgan fingerprint density at radius 2 is 0.559 bits per heavy atom. The van der Waals surface area contributed by atoms with Crippen LogP contribution < -0.4 is 0 Å². The fourth-order valence-electron chi connectivity index (χ4n) is 8.83. The molecule has 0 N–H and O–H groups in total. The minimum absolute atomic E-state index is 0.0714. The lowest BCUT2D eigenvalue weighted by Crippen LogP contribution is -2.30. The Labute approximate surface area is 423 Å². The minimum atomic E-state index is -0.768. The second kappa shape index (κ2) is 57.2. The predicted molar refractivity (Wildman–Crippen MR) is 293 cm³/mol. The maximum atomic E-state index is 12.7. The van der Waals surface area contributed by atoms with Gasteiger partial charge in [-0.25, -0.2) is 0 Å². The van der Waals surface area contributed by atoms with Gasteiger partial charge in [-0.15, -0.1) is 0 Å². The summed E-state index contributed by atoms with van der Waals surface area (Å²) in [4.78, 5) is 37.8. The number of ether oxygens (including phenoxy) is 3. The van der Waals surface area contributed by atoms with Crippen molar-refractivity contribution in [2.75, 3.05) is 13.2 Å². The zero-order chi connectivity index (χ0) is 49.3. The van der Waals surface area contributed by atoms with Gasteiger partial charge in [-0.05, 0) is 70.6 Å². The van der Waals surface area contributed by atoms with Crippen molar-refractivity contribution >= 4 is 17.9 Å². The molecule has 0 saturated carbocycles. The second-order valence-corrected chi connectivity index (χ2v) is 20.3. The molecule has 398 valence electrons. The van der Waals surface area contributed by atoms with E-state index in [9.17, 15) is 14.4 Å². The molecule has 68 heavy (non-hydrogen) atoms. The van der Waals surface area contributed by atoms with Gasteiger partial charge in [-0.2, -0.15) is 0 Å². The first kappa shape index (κ1) is 65.6. The molecular formula is C62H114O6. The highest BCUT2D eigenvalue weighted by molar-refractivity contribution is 5.71. The largest absolute Gasteiger partial charge is 0.462 e. The van der Waals surface area contributed by atoms with Crippen molar-refractivity contribution in [2.24, 2.45) is 0 Å². The lowest BCUT2D eigenvalue weighted by molar-refractivity contribution is -0.167. The van der Waals surface area contributed by atoms with Crippen LogP contribution >= 0.6 is 0 Å². The minimum Gasteiger partial charge on any atom is -0.462 e. The van der Waals surface area contributed by atoms with Crippen molar-refractivity contribution in [1.82, 2.24) is 0 Å². The lowest BCUT2D eigenvalue weighted by atomic mass is 10.0. The number of hydrogen-bond acceptors (Lipinski definition) is 6. The van der Waals surface area contributed by atoms with E-state index in [1.54, 1.807) is 0 Å². The van der Waals surface area contributed by atoms with Gasteiger partial charge < -0.3 is 14.2 Å². The van der Waals surface area contributed by atoms with E-state index in [1.165, 1.54) is 199 Å². The lowest BCUT2D eigenvalue weighted by Gasteiger charge is -2.18. The first-order chi connectivity index (χ1) is 33.5. The zero-order valence-corrected chi connectivity index (χ0v) is 45.6. The van der Waals surface area contributed by atoms with E-state index in [4.69, 9.17) is 14.2 Å². The molecule has 0 bridgehead atoms. The molecule has 1 unspecified atom stereocenters. The normalized spacial score (nSPS) is 12.2. The van der Waals surface area contributed by atoms with Gasteiger partial charge in [0.15, 0.2) is 6.10 Å². The number of allylic oxidation sites excluding steroid dienone is 6. The molecule has 0 aliphatic carbocycles. The number of carbonyl (C=O) groups excluding carboxylic acids is 3. The van der Waals surface area contributed by atoms with Crippen LogP contribution in [0.3, 0.4) is 0 Å². The fourth-order valence-corrected chi connectivity index (χ4v) is 8.83. The Bertz CT molecular complexity index is 1140. The molecule has 0 radical (unpaired) electrons. The van der Waals surface area contributed by atoms with Crippen LogP contribution in [-0.2, 0) is 28.6 Å². The molecule has 0 heterocycles. The van der Waals surface area contributed by atoms with E-state index in [0.717, 1.165) is 83.5 Å². The molecule has 0 aromatic carbocycles. The summed E-state index contributed by atoms with van der Waals surface area (Å²) in [5, 5.41) is 0. The van der Waals surface area contributed by atoms with E-state index in [0.29, 0.717) is 19.3 Å². The van der Waals surface area contributed by atoms with Crippen molar-refractivity contribution in [3.8, 4) is 0 Å². The highest BCUT2D eigenvalue weighted by Gasteiger charge is 2.19. The highest BCUT2D eigenvalue weighted by Crippen LogP contribution is 2.17. The Morgan fingerprint density at radius 3 is 0.882 bits per heavy atom. The first-order valence-corrected chi connectivity index (χ1v) is 30.0. The number of carbonyl (C=O) groups is 3. The van der Waals surface area contributed by atoms with Gasteiger partial charge >= 0.3 is 17.9 Å².